The van der Waals surface area contributed by atoms with Crippen molar-refractivity contribution in [2.45, 2.75) is 25.9 Å². The molecule has 0 aromatic heterocycles. The van der Waals surface area contributed by atoms with Gasteiger partial charge < -0.3 is 9.64 Å². The first-order valence-corrected chi connectivity index (χ1v) is 9.72. The molecule has 0 unspecified atom stereocenters. The number of rotatable bonds is 6. The molecule has 0 bridgehead atoms. The van der Waals surface area contributed by atoms with Crippen molar-refractivity contribution < 1.29 is 19.1 Å². The molecule has 0 saturated carbocycles. The number of carbonyl (C=O) groups is 3. The van der Waals surface area contributed by atoms with Crippen molar-refractivity contribution in [1.29, 1.82) is 0 Å². The van der Waals surface area contributed by atoms with E-state index in [9.17, 15) is 14.4 Å². The van der Waals surface area contributed by atoms with Crippen molar-refractivity contribution in [1.82, 2.24) is 0 Å². The van der Waals surface area contributed by atoms with Crippen LogP contribution in [0.4, 0.5) is 5.69 Å². The molecule has 2 aromatic carbocycles. The minimum absolute atomic E-state index is 0.00234. The molecule has 1 amide bonds. The van der Waals surface area contributed by atoms with Crippen LogP contribution in [0.2, 0.25) is 10.0 Å². The Labute approximate surface area is 173 Å². The summed E-state index contributed by atoms with van der Waals surface area (Å²) in [4.78, 5) is 39.0. The molecule has 2 atom stereocenters. The normalized spacial score (nSPS) is 17.5. The highest BCUT2D eigenvalue weighted by Crippen LogP contribution is 2.36. The van der Waals surface area contributed by atoms with Crippen LogP contribution in [-0.4, -0.2) is 30.3 Å². The Balaban J connectivity index is 1.70. The summed E-state index contributed by atoms with van der Waals surface area (Å²) in [7, 11) is 0. The lowest BCUT2D eigenvalue weighted by Crippen LogP contribution is -2.31. The molecule has 146 valence electrons. The van der Waals surface area contributed by atoms with Gasteiger partial charge in [0.15, 0.2) is 6.10 Å². The topological polar surface area (TPSA) is 63.7 Å². The fourth-order valence-electron chi connectivity index (χ4n) is 3.15. The quantitative estimate of drug-likeness (QED) is 0.508. The Morgan fingerprint density at radius 2 is 1.86 bits per heavy atom. The standard InChI is InChI=1S/C21H19Cl2NO4/c1-2-17(20(26)13-7-4-3-5-8-13)28-21(27)14-11-18(25)24(12-14)16-10-6-9-15(22)19(16)23/h3-10,14,17H,2,11-12H2,1H3/t14-,17+/m1/s1. The van der Waals surface area contributed by atoms with Crippen LogP contribution in [0.1, 0.15) is 30.1 Å². The van der Waals surface area contributed by atoms with Crippen LogP contribution in [0.25, 0.3) is 0 Å². The number of amides is 1. The van der Waals surface area contributed by atoms with Gasteiger partial charge in [-0.1, -0.05) is 66.5 Å². The molecule has 3 rings (SSSR count). The first-order chi connectivity index (χ1) is 13.4. The second kappa shape index (κ2) is 8.76. The van der Waals surface area contributed by atoms with Crippen LogP contribution in [0, 0.1) is 5.92 Å². The van der Waals surface area contributed by atoms with E-state index in [1.165, 1.54) is 4.90 Å². The van der Waals surface area contributed by atoms with Gasteiger partial charge in [-0.15, -0.1) is 0 Å². The fourth-order valence-corrected chi connectivity index (χ4v) is 3.54. The molecule has 1 heterocycles. The molecule has 0 N–H and O–H groups in total. The number of ketones is 1. The highest BCUT2D eigenvalue weighted by molar-refractivity contribution is 6.44. The fraction of sp³-hybridized carbons (Fsp3) is 0.286. The number of esters is 1. The molecular weight excluding hydrogens is 401 g/mol. The Bertz CT molecular complexity index is 901. The third-order valence-corrected chi connectivity index (χ3v) is 5.47. The van der Waals surface area contributed by atoms with Crippen LogP contribution < -0.4 is 4.90 Å². The van der Waals surface area contributed by atoms with E-state index in [0.29, 0.717) is 22.7 Å². The number of ether oxygens (including phenoxy) is 1. The molecule has 0 spiro atoms. The summed E-state index contributed by atoms with van der Waals surface area (Å²) in [6.45, 7) is 1.91. The van der Waals surface area contributed by atoms with Crippen molar-refractivity contribution >= 4 is 46.5 Å². The zero-order valence-electron chi connectivity index (χ0n) is 15.2. The minimum atomic E-state index is -0.881. The van der Waals surface area contributed by atoms with E-state index in [1.54, 1.807) is 49.4 Å². The molecular formula is C21H19Cl2NO4. The van der Waals surface area contributed by atoms with Crippen molar-refractivity contribution in [3.8, 4) is 0 Å². The van der Waals surface area contributed by atoms with Gasteiger partial charge in [0, 0.05) is 18.5 Å². The van der Waals surface area contributed by atoms with Crippen molar-refractivity contribution in [3.05, 3.63) is 64.1 Å². The average Bonchev–Trinajstić information content (AvgIpc) is 3.10. The molecule has 2 aromatic rings. The van der Waals surface area contributed by atoms with Gasteiger partial charge in [0.05, 0.1) is 21.7 Å². The zero-order valence-corrected chi connectivity index (χ0v) is 16.7. The lowest BCUT2D eigenvalue weighted by atomic mass is 10.0. The first kappa shape index (κ1) is 20.4. The third kappa shape index (κ3) is 4.21. The number of carbonyl (C=O) groups excluding carboxylic acids is 3. The molecule has 1 saturated heterocycles. The lowest BCUT2D eigenvalue weighted by Gasteiger charge is -2.20. The van der Waals surface area contributed by atoms with E-state index in [0.717, 1.165) is 0 Å². The Hall–Kier alpha value is -2.37. The van der Waals surface area contributed by atoms with E-state index >= 15 is 0 Å². The van der Waals surface area contributed by atoms with Crippen LogP contribution in [0.3, 0.4) is 0 Å². The molecule has 5 nitrogen and oxygen atoms in total. The molecule has 1 aliphatic heterocycles. The summed E-state index contributed by atoms with van der Waals surface area (Å²) in [5.41, 5.74) is 0.943. The third-order valence-electron chi connectivity index (χ3n) is 4.66. The molecule has 7 heteroatoms. The van der Waals surface area contributed by atoms with E-state index < -0.39 is 18.0 Å². The molecule has 28 heavy (non-hydrogen) atoms. The summed E-state index contributed by atoms with van der Waals surface area (Å²) < 4.78 is 5.46. The number of benzene rings is 2. The predicted octanol–water partition coefficient (Wildman–Crippen LogP) is 4.55. The first-order valence-electron chi connectivity index (χ1n) is 8.96. The number of halogens is 2. The largest absolute Gasteiger partial charge is 0.454 e. The summed E-state index contributed by atoms with van der Waals surface area (Å²) in [6.07, 6.45) is -0.532. The molecule has 0 radical (unpaired) electrons. The SMILES string of the molecule is CC[C@H](OC(=O)[C@@H]1CC(=O)N(c2cccc(Cl)c2Cl)C1)C(=O)c1ccccc1. The van der Waals surface area contributed by atoms with Gasteiger partial charge in [0.2, 0.25) is 11.7 Å². The smallest absolute Gasteiger partial charge is 0.312 e. The Morgan fingerprint density at radius 1 is 1.14 bits per heavy atom. The van der Waals surface area contributed by atoms with Gasteiger partial charge >= 0.3 is 5.97 Å². The van der Waals surface area contributed by atoms with Gasteiger partial charge in [0.25, 0.3) is 0 Å². The minimum Gasteiger partial charge on any atom is -0.454 e. The van der Waals surface area contributed by atoms with Crippen LogP contribution in [0.5, 0.6) is 0 Å². The predicted molar refractivity (Wildman–Crippen MR) is 108 cm³/mol. The average molecular weight is 420 g/mol. The number of nitrogens with zero attached hydrogens (tertiary/aromatic N) is 1. The monoisotopic (exact) mass is 419 g/mol. The highest BCUT2D eigenvalue weighted by atomic mass is 35.5. The molecule has 1 fully saturated rings. The summed E-state index contributed by atoms with van der Waals surface area (Å²) in [6, 6.07) is 13.7. The highest BCUT2D eigenvalue weighted by Gasteiger charge is 2.38. The summed E-state index contributed by atoms with van der Waals surface area (Å²) in [5, 5.41) is 0.592. The van der Waals surface area contributed by atoms with E-state index in [2.05, 4.69) is 0 Å². The van der Waals surface area contributed by atoms with Gasteiger partial charge in [-0.3, -0.25) is 14.4 Å². The van der Waals surface area contributed by atoms with Gasteiger partial charge in [-0.2, -0.15) is 0 Å². The second-order valence-corrected chi connectivity index (χ2v) is 7.33. The Morgan fingerprint density at radius 3 is 2.54 bits per heavy atom. The second-order valence-electron chi connectivity index (χ2n) is 6.54. The van der Waals surface area contributed by atoms with Gasteiger partial charge in [0.1, 0.15) is 0 Å². The molecule has 1 aliphatic rings. The summed E-state index contributed by atoms with van der Waals surface area (Å²) >= 11 is 12.2. The van der Waals surface area contributed by atoms with Crippen molar-refractivity contribution in [3.63, 3.8) is 0 Å². The van der Waals surface area contributed by atoms with Crippen LogP contribution in [-0.2, 0) is 14.3 Å². The molecule has 0 aliphatic carbocycles. The maximum Gasteiger partial charge on any atom is 0.312 e. The number of anilines is 1. The lowest BCUT2D eigenvalue weighted by molar-refractivity contribution is -0.151. The number of Topliss-reactive ketones (excluding diaryl/α,β-unsaturated/α-hetero) is 1. The van der Waals surface area contributed by atoms with E-state index in [1.807, 2.05) is 6.07 Å². The van der Waals surface area contributed by atoms with Gasteiger partial charge in [-0.25, -0.2) is 0 Å². The van der Waals surface area contributed by atoms with Crippen LogP contribution in [0.15, 0.2) is 48.5 Å². The zero-order chi connectivity index (χ0) is 20.3. The van der Waals surface area contributed by atoms with Gasteiger partial charge in [-0.05, 0) is 18.6 Å². The van der Waals surface area contributed by atoms with E-state index in [-0.39, 0.29) is 29.7 Å². The van der Waals surface area contributed by atoms with Crippen molar-refractivity contribution in [2.24, 2.45) is 5.92 Å². The maximum atomic E-state index is 12.6. The van der Waals surface area contributed by atoms with Crippen LogP contribution >= 0.6 is 23.2 Å². The maximum absolute atomic E-state index is 12.6. The van der Waals surface area contributed by atoms with Crippen molar-refractivity contribution in [2.75, 3.05) is 11.4 Å². The number of hydrogen-bond acceptors (Lipinski definition) is 4. The van der Waals surface area contributed by atoms with E-state index in [4.69, 9.17) is 27.9 Å². The Kier molecular flexibility index (Phi) is 6.37. The number of hydrogen-bond donors (Lipinski definition) is 0. The summed E-state index contributed by atoms with van der Waals surface area (Å²) in [5.74, 6) is -1.73.